The molecule has 0 radical (unpaired) electrons. The largest absolute Gasteiger partial charge is 0.320 e. The van der Waals surface area contributed by atoms with Crippen molar-refractivity contribution < 1.29 is 4.39 Å². The highest BCUT2D eigenvalue weighted by Crippen LogP contribution is 2.26. The summed E-state index contributed by atoms with van der Waals surface area (Å²) in [5.74, 6) is 0.252. The van der Waals surface area contributed by atoms with E-state index < -0.39 is 6.04 Å². The van der Waals surface area contributed by atoms with E-state index in [4.69, 9.17) is 5.73 Å². The summed E-state index contributed by atoms with van der Waals surface area (Å²) in [5.41, 5.74) is 8.91. The van der Waals surface area contributed by atoms with Gasteiger partial charge < -0.3 is 5.73 Å². The molecule has 1 nitrogen and oxygen atoms in total. The fourth-order valence-electron chi connectivity index (χ4n) is 2.20. The van der Waals surface area contributed by atoms with Crippen LogP contribution in [0.2, 0.25) is 0 Å². The molecule has 0 saturated heterocycles. The van der Waals surface area contributed by atoms with Crippen molar-refractivity contribution in [1.82, 2.24) is 0 Å². The third-order valence-corrected chi connectivity index (χ3v) is 4.27. The second-order valence-electron chi connectivity index (χ2n) is 5.12. The lowest BCUT2D eigenvalue weighted by Gasteiger charge is -2.15. The van der Waals surface area contributed by atoms with Gasteiger partial charge in [-0.05, 0) is 35.6 Å². The Morgan fingerprint density at radius 2 is 1.70 bits per heavy atom. The third-order valence-electron chi connectivity index (χ3n) is 3.77. The summed E-state index contributed by atoms with van der Waals surface area (Å²) in [6.07, 6.45) is 1.10. The van der Waals surface area contributed by atoms with E-state index >= 15 is 0 Å². The van der Waals surface area contributed by atoms with Crippen molar-refractivity contribution in [3.8, 4) is 0 Å². The second kappa shape index (κ2) is 6.51. The molecule has 2 rings (SSSR count). The minimum absolute atomic E-state index is 0.280. The molecule has 0 saturated carbocycles. The fourth-order valence-corrected chi connectivity index (χ4v) is 2.53. The van der Waals surface area contributed by atoms with Crippen LogP contribution < -0.4 is 5.73 Å². The Hall–Kier alpha value is -1.19. The first-order chi connectivity index (χ1) is 9.52. The van der Waals surface area contributed by atoms with Crippen LogP contribution in [0.1, 0.15) is 48.9 Å². The van der Waals surface area contributed by atoms with E-state index in [2.05, 4.69) is 41.9 Å². The van der Waals surface area contributed by atoms with Gasteiger partial charge in [-0.1, -0.05) is 60.1 Å². The normalized spacial score (nSPS) is 14.1. The number of nitrogens with two attached hydrogens (primary N) is 1. The molecule has 106 valence electrons. The highest BCUT2D eigenvalue weighted by atomic mass is 79.9. The van der Waals surface area contributed by atoms with E-state index in [1.807, 2.05) is 18.2 Å². The molecule has 2 aromatic rings. The van der Waals surface area contributed by atoms with Crippen molar-refractivity contribution in [2.24, 2.45) is 5.73 Å². The number of benzene rings is 2. The van der Waals surface area contributed by atoms with Crippen LogP contribution in [0.25, 0.3) is 0 Å². The van der Waals surface area contributed by atoms with Crippen LogP contribution in [-0.4, -0.2) is 0 Å². The van der Waals surface area contributed by atoms with Crippen LogP contribution in [0.15, 0.2) is 46.9 Å². The Bertz CT molecular complexity index is 580. The maximum absolute atomic E-state index is 13.9. The number of rotatable bonds is 4. The maximum atomic E-state index is 13.9. The summed E-state index contributed by atoms with van der Waals surface area (Å²) >= 11 is 3.25. The van der Waals surface area contributed by atoms with Crippen LogP contribution in [-0.2, 0) is 0 Å². The van der Waals surface area contributed by atoms with Crippen LogP contribution in [0, 0.1) is 5.82 Å². The molecule has 2 unspecified atom stereocenters. The van der Waals surface area contributed by atoms with Crippen molar-refractivity contribution in [3.63, 3.8) is 0 Å². The number of hydrogen-bond acceptors (Lipinski definition) is 1. The molecule has 0 aliphatic carbocycles. The van der Waals surface area contributed by atoms with Gasteiger partial charge in [-0.15, -0.1) is 0 Å². The Balaban J connectivity index is 2.26. The topological polar surface area (TPSA) is 26.0 Å². The Kier molecular flexibility index (Phi) is 4.95. The molecular weight excluding hydrogens is 317 g/mol. The summed E-state index contributed by atoms with van der Waals surface area (Å²) in [6, 6.07) is 12.7. The van der Waals surface area contributed by atoms with E-state index in [0.717, 1.165) is 16.5 Å². The van der Waals surface area contributed by atoms with Crippen LogP contribution in [0.4, 0.5) is 4.39 Å². The molecule has 0 aliphatic heterocycles. The lowest BCUT2D eigenvalue weighted by Crippen LogP contribution is -2.13. The molecule has 2 aromatic carbocycles. The number of hydrogen-bond donors (Lipinski definition) is 1. The minimum atomic E-state index is -0.436. The van der Waals surface area contributed by atoms with Crippen LogP contribution in [0.5, 0.6) is 0 Å². The van der Waals surface area contributed by atoms with Gasteiger partial charge in [0.2, 0.25) is 0 Å². The molecule has 0 bridgehead atoms. The van der Waals surface area contributed by atoms with Gasteiger partial charge in [0.1, 0.15) is 5.82 Å². The first-order valence-electron chi connectivity index (χ1n) is 6.83. The van der Waals surface area contributed by atoms with E-state index in [1.54, 1.807) is 6.07 Å². The Morgan fingerprint density at radius 3 is 2.25 bits per heavy atom. The van der Waals surface area contributed by atoms with E-state index in [-0.39, 0.29) is 5.82 Å². The molecule has 0 spiro atoms. The first-order valence-corrected chi connectivity index (χ1v) is 7.62. The quantitative estimate of drug-likeness (QED) is 0.821. The summed E-state index contributed by atoms with van der Waals surface area (Å²) in [5, 5.41) is 0. The van der Waals surface area contributed by atoms with Crippen LogP contribution in [0.3, 0.4) is 0 Å². The van der Waals surface area contributed by atoms with Gasteiger partial charge in [0, 0.05) is 10.0 Å². The predicted molar refractivity (Wildman–Crippen MR) is 85.3 cm³/mol. The molecule has 3 heteroatoms. The highest BCUT2D eigenvalue weighted by molar-refractivity contribution is 9.10. The Morgan fingerprint density at radius 1 is 1.10 bits per heavy atom. The molecule has 0 fully saturated rings. The maximum Gasteiger partial charge on any atom is 0.129 e. The van der Waals surface area contributed by atoms with Crippen molar-refractivity contribution in [1.29, 1.82) is 0 Å². The third kappa shape index (κ3) is 3.28. The SMILES string of the molecule is CCC(C)c1ccc(C(N)c2ccc(Br)cc2F)cc1. The average molecular weight is 336 g/mol. The zero-order valence-corrected chi connectivity index (χ0v) is 13.3. The molecule has 0 aromatic heterocycles. The standard InChI is InChI=1S/C17H19BrFN/c1-3-11(2)12-4-6-13(7-5-12)17(20)15-9-8-14(18)10-16(15)19/h4-11,17H,3,20H2,1-2H3. The molecule has 0 aliphatic rings. The van der Waals surface area contributed by atoms with E-state index in [1.165, 1.54) is 11.6 Å². The van der Waals surface area contributed by atoms with Crippen molar-refractivity contribution >= 4 is 15.9 Å². The van der Waals surface area contributed by atoms with Crippen molar-refractivity contribution in [2.75, 3.05) is 0 Å². The molecule has 2 atom stereocenters. The summed E-state index contributed by atoms with van der Waals surface area (Å²) in [6.45, 7) is 4.37. The smallest absolute Gasteiger partial charge is 0.129 e. The minimum Gasteiger partial charge on any atom is -0.320 e. The zero-order valence-electron chi connectivity index (χ0n) is 11.7. The van der Waals surface area contributed by atoms with E-state index in [9.17, 15) is 4.39 Å². The summed E-state index contributed by atoms with van der Waals surface area (Å²) in [7, 11) is 0. The van der Waals surface area contributed by atoms with Gasteiger partial charge in [-0.25, -0.2) is 4.39 Å². The molecule has 20 heavy (non-hydrogen) atoms. The van der Waals surface area contributed by atoms with E-state index in [0.29, 0.717) is 11.5 Å². The molecule has 0 heterocycles. The van der Waals surface area contributed by atoms with Gasteiger partial charge in [0.05, 0.1) is 6.04 Å². The van der Waals surface area contributed by atoms with Gasteiger partial charge in [0.15, 0.2) is 0 Å². The molecule has 2 N–H and O–H groups in total. The first kappa shape index (κ1) is 15.2. The number of halogens is 2. The predicted octanol–water partition coefficient (Wildman–Crippen LogP) is 5.15. The molecule has 0 amide bonds. The summed E-state index contributed by atoms with van der Waals surface area (Å²) in [4.78, 5) is 0. The summed E-state index contributed by atoms with van der Waals surface area (Å²) < 4.78 is 14.7. The van der Waals surface area contributed by atoms with Gasteiger partial charge in [-0.3, -0.25) is 0 Å². The van der Waals surface area contributed by atoms with Crippen molar-refractivity contribution in [3.05, 3.63) is 69.4 Å². The lowest BCUT2D eigenvalue weighted by atomic mass is 9.94. The highest BCUT2D eigenvalue weighted by Gasteiger charge is 2.14. The molecular formula is C17H19BrFN. The fraction of sp³-hybridized carbons (Fsp3) is 0.294. The van der Waals surface area contributed by atoms with Gasteiger partial charge in [-0.2, -0.15) is 0 Å². The van der Waals surface area contributed by atoms with Crippen LogP contribution >= 0.6 is 15.9 Å². The van der Waals surface area contributed by atoms with Crippen molar-refractivity contribution in [2.45, 2.75) is 32.2 Å². The Labute approximate surface area is 128 Å². The average Bonchev–Trinajstić information content (AvgIpc) is 2.46. The second-order valence-corrected chi connectivity index (χ2v) is 6.04. The zero-order chi connectivity index (χ0) is 14.7. The lowest BCUT2D eigenvalue weighted by molar-refractivity contribution is 0.598. The monoisotopic (exact) mass is 335 g/mol. The van der Waals surface area contributed by atoms with Gasteiger partial charge in [0.25, 0.3) is 0 Å². The van der Waals surface area contributed by atoms with Gasteiger partial charge >= 0.3 is 0 Å².